The standard InChI is InChI=1S/C30H23ClN2O2/c31-24-16-10-15-23(19-24)26(20-27(34)21-11-4-1-5-12-21)28-29(22-13-6-2-7-14-22)32-33(30(28)35)25-17-8-3-9-18-25/h1-19,26,28H,20H2/t26-,28-/m0/s1. The molecule has 0 saturated heterocycles. The monoisotopic (exact) mass is 478 g/mol. The lowest BCUT2D eigenvalue weighted by molar-refractivity contribution is -0.120. The molecule has 0 aliphatic carbocycles. The number of carbonyl (C=O) groups is 2. The van der Waals surface area contributed by atoms with E-state index in [1.54, 1.807) is 18.2 Å². The number of hydrogen-bond donors (Lipinski definition) is 0. The molecule has 1 amide bonds. The van der Waals surface area contributed by atoms with Crippen LogP contribution in [0.5, 0.6) is 0 Å². The Morgan fingerprint density at radius 3 is 2.11 bits per heavy atom. The fourth-order valence-corrected chi connectivity index (χ4v) is 4.74. The van der Waals surface area contributed by atoms with E-state index in [0.717, 1.165) is 11.1 Å². The van der Waals surface area contributed by atoms with E-state index in [4.69, 9.17) is 16.7 Å². The van der Waals surface area contributed by atoms with Crippen molar-refractivity contribution in [3.8, 4) is 0 Å². The first kappa shape index (κ1) is 22.8. The van der Waals surface area contributed by atoms with Crippen molar-refractivity contribution in [3.63, 3.8) is 0 Å². The van der Waals surface area contributed by atoms with Crippen molar-refractivity contribution < 1.29 is 9.59 Å². The minimum Gasteiger partial charge on any atom is -0.294 e. The van der Waals surface area contributed by atoms with E-state index >= 15 is 0 Å². The summed E-state index contributed by atoms with van der Waals surface area (Å²) in [5, 5.41) is 6.81. The maximum absolute atomic E-state index is 14.0. The van der Waals surface area contributed by atoms with E-state index in [9.17, 15) is 9.59 Å². The van der Waals surface area contributed by atoms with Crippen LogP contribution in [0.3, 0.4) is 0 Å². The van der Waals surface area contributed by atoms with E-state index in [0.29, 0.717) is 22.0 Å². The third-order valence-corrected chi connectivity index (χ3v) is 6.46. The predicted molar refractivity (Wildman–Crippen MR) is 140 cm³/mol. The summed E-state index contributed by atoms with van der Waals surface area (Å²) in [5.41, 5.74) is 3.63. The number of Topliss-reactive ketones (excluding diaryl/α,β-unsaturated/α-hetero) is 1. The van der Waals surface area contributed by atoms with Gasteiger partial charge in [0.05, 0.1) is 17.3 Å². The number of ketones is 1. The lowest BCUT2D eigenvalue weighted by Gasteiger charge is -2.24. The number of amides is 1. The van der Waals surface area contributed by atoms with Crippen molar-refractivity contribution in [1.82, 2.24) is 0 Å². The first-order valence-corrected chi connectivity index (χ1v) is 11.9. The Kier molecular flexibility index (Phi) is 6.55. The zero-order chi connectivity index (χ0) is 24.2. The number of anilines is 1. The van der Waals surface area contributed by atoms with Gasteiger partial charge in [0.15, 0.2) is 5.78 Å². The molecule has 0 saturated carbocycles. The molecule has 0 aromatic heterocycles. The molecule has 0 unspecified atom stereocenters. The van der Waals surface area contributed by atoms with Gasteiger partial charge in [-0.25, -0.2) is 0 Å². The van der Waals surface area contributed by atoms with Crippen LogP contribution in [0.1, 0.15) is 33.8 Å². The average molecular weight is 479 g/mol. The van der Waals surface area contributed by atoms with Gasteiger partial charge in [-0.05, 0) is 35.4 Å². The molecule has 2 atom stereocenters. The number of para-hydroxylation sites is 1. The van der Waals surface area contributed by atoms with Crippen LogP contribution < -0.4 is 5.01 Å². The van der Waals surface area contributed by atoms with Gasteiger partial charge in [0.25, 0.3) is 5.91 Å². The van der Waals surface area contributed by atoms with Gasteiger partial charge in [-0.15, -0.1) is 0 Å². The molecule has 0 fully saturated rings. The predicted octanol–water partition coefficient (Wildman–Crippen LogP) is 6.76. The van der Waals surface area contributed by atoms with E-state index < -0.39 is 11.8 Å². The molecule has 0 N–H and O–H groups in total. The van der Waals surface area contributed by atoms with Crippen LogP contribution in [-0.2, 0) is 4.79 Å². The largest absolute Gasteiger partial charge is 0.294 e. The first-order chi connectivity index (χ1) is 17.1. The Morgan fingerprint density at radius 1 is 0.829 bits per heavy atom. The van der Waals surface area contributed by atoms with Gasteiger partial charge in [0, 0.05) is 22.9 Å². The van der Waals surface area contributed by atoms with Crippen LogP contribution in [-0.4, -0.2) is 17.4 Å². The van der Waals surface area contributed by atoms with Gasteiger partial charge in [-0.3, -0.25) is 9.59 Å². The second-order valence-electron chi connectivity index (χ2n) is 8.47. The quantitative estimate of drug-likeness (QED) is 0.275. The molecule has 5 rings (SSSR count). The number of nitrogens with zero attached hydrogens (tertiary/aromatic N) is 2. The summed E-state index contributed by atoms with van der Waals surface area (Å²) >= 11 is 6.35. The zero-order valence-corrected chi connectivity index (χ0v) is 19.7. The lowest BCUT2D eigenvalue weighted by atomic mass is 9.77. The molecule has 0 radical (unpaired) electrons. The molecule has 172 valence electrons. The van der Waals surface area contributed by atoms with Crippen LogP contribution in [0, 0.1) is 5.92 Å². The highest BCUT2D eigenvalue weighted by molar-refractivity contribution is 6.30. The highest BCUT2D eigenvalue weighted by Crippen LogP contribution is 2.39. The van der Waals surface area contributed by atoms with E-state index in [-0.39, 0.29) is 18.1 Å². The Balaban J connectivity index is 1.62. The molecule has 0 spiro atoms. The normalized spacial score (nSPS) is 16.1. The van der Waals surface area contributed by atoms with Gasteiger partial charge in [0.2, 0.25) is 0 Å². The number of hydrogen-bond acceptors (Lipinski definition) is 3. The summed E-state index contributed by atoms with van der Waals surface area (Å²) in [6, 6.07) is 35.6. The van der Waals surface area contributed by atoms with Crippen LogP contribution in [0.15, 0.2) is 120 Å². The second kappa shape index (κ2) is 10.1. The molecule has 1 heterocycles. The van der Waals surface area contributed by atoms with Crippen molar-refractivity contribution in [2.24, 2.45) is 11.0 Å². The zero-order valence-electron chi connectivity index (χ0n) is 18.9. The number of carbonyl (C=O) groups excluding carboxylic acids is 2. The summed E-state index contributed by atoms with van der Waals surface area (Å²) < 4.78 is 0. The number of hydrazone groups is 1. The van der Waals surface area contributed by atoms with Crippen LogP contribution in [0.4, 0.5) is 5.69 Å². The fraction of sp³-hybridized carbons (Fsp3) is 0.100. The molecule has 1 aliphatic heterocycles. The molecule has 0 bridgehead atoms. The van der Waals surface area contributed by atoms with Gasteiger partial charge in [0.1, 0.15) is 0 Å². The topological polar surface area (TPSA) is 49.7 Å². The molecular weight excluding hydrogens is 456 g/mol. The first-order valence-electron chi connectivity index (χ1n) is 11.5. The molecular formula is C30H23ClN2O2. The summed E-state index contributed by atoms with van der Waals surface area (Å²) in [5.74, 6) is -1.29. The van der Waals surface area contributed by atoms with Gasteiger partial charge in [-0.2, -0.15) is 10.1 Å². The van der Waals surface area contributed by atoms with Gasteiger partial charge < -0.3 is 0 Å². The highest BCUT2D eigenvalue weighted by atomic mass is 35.5. The Labute approximate surface area is 209 Å². The van der Waals surface area contributed by atoms with Crippen molar-refractivity contribution in [3.05, 3.63) is 137 Å². The molecule has 4 nitrogen and oxygen atoms in total. The fourth-order valence-electron chi connectivity index (χ4n) is 4.54. The van der Waals surface area contributed by atoms with E-state index in [2.05, 4.69) is 0 Å². The number of halogens is 1. The smallest absolute Gasteiger partial charge is 0.257 e. The summed E-state index contributed by atoms with van der Waals surface area (Å²) in [4.78, 5) is 27.3. The SMILES string of the molecule is O=C(C[C@@H](c1cccc(Cl)c1)[C@@H]1C(=O)N(c2ccccc2)N=C1c1ccccc1)c1ccccc1. The summed E-state index contributed by atoms with van der Waals surface area (Å²) in [7, 11) is 0. The van der Waals surface area contributed by atoms with E-state index in [1.165, 1.54) is 5.01 Å². The minimum absolute atomic E-state index is 0.0334. The Bertz CT molecular complexity index is 1370. The third kappa shape index (κ3) is 4.79. The third-order valence-electron chi connectivity index (χ3n) is 6.23. The van der Waals surface area contributed by atoms with E-state index in [1.807, 2.05) is 97.1 Å². The van der Waals surface area contributed by atoms with Crippen molar-refractivity contribution >= 4 is 34.7 Å². The Hall–Kier alpha value is -4.02. The van der Waals surface area contributed by atoms with Crippen LogP contribution in [0.25, 0.3) is 0 Å². The molecule has 4 aromatic carbocycles. The van der Waals surface area contributed by atoms with Crippen molar-refractivity contribution in [2.45, 2.75) is 12.3 Å². The second-order valence-corrected chi connectivity index (χ2v) is 8.91. The minimum atomic E-state index is -0.649. The molecule has 1 aliphatic rings. The van der Waals surface area contributed by atoms with Gasteiger partial charge in [-0.1, -0.05) is 103 Å². The number of benzene rings is 4. The summed E-state index contributed by atoms with van der Waals surface area (Å²) in [6.07, 6.45) is 0.148. The van der Waals surface area contributed by atoms with Gasteiger partial charge >= 0.3 is 0 Å². The molecule has 4 aromatic rings. The number of rotatable bonds is 7. The maximum atomic E-state index is 14.0. The maximum Gasteiger partial charge on any atom is 0.257 e. The van der Waals surface area contributed by atoms with Crippen molar-refractivity contribution in [2.75, 3.05) is 5.01 Å². The van der Waals surface area contributed by atoms with Crippen molar-refractivity contribution in [1.29, 1.82) is 0 Å². The highest BCUT2D eigenvalue weighted by Gasteiger charge is 2.43. The van der Waals surface area contributed by atoms with Crippen LogP contribution >= 0.6 is 11.6 Å². The Morgan fingerprint density at radius 2 is 1.46 bits per heavy atom. The molecule has 35 heavy (non-hydrogen) atoms. The summed E-state index contributed by atoms with van der Waals surface area (Å²) in [6.45, 7) is 0. The molecule has 5 heteroatoms. The van der Waals surface area contributed by atoms with Crippen LogP contribution in [0.2, 0.25) is 5.02 Å². The lowest BCUT2D eigenvalue weighted by Crippen LogP contribution is -2.33. The average Bonchev–Trinajstić information content (AvgIpc) is 3.25.